The van der Waals surface area contributed by atoms with Crippen molar-refractivity contribution in [1.82, 2.24) is 15.1 Å². The molecule has 2 aromatic carbocycles. The second-order valence-electron chi connectivity index (χ2n) is 6.98. The molecule has 8 nitrogen and oxygen atoms in total. The minimum Gasteiger partial charge on any atom is -0.335 e. The molecule has 150 valence electrons. The van der Waals surface area contributed by atoms with Crippen LogP contribution in [0.5, 0.6) is 0 Å². The highest BCUT2D eigenvalue weighted by atomic mass is 16.2. The van der Waals surface area contributed by atoms with Crippen LogP contribution in [-0.4, -0.2) is 53.7 Å². The molecule has 2 N–H and O–H groups in total. The smallest absolute Gasteiger partial charge is 0.325 e. The average molecular weight is 394 g/mol. The molecule has 1 fully saturated rings. The summed E-state index contributed by atoms with van der Waals surface area (Å²) in [4.78, 5) is 51.9. The van der Waals surface area contributed by atoms with Gasteiger partial charge in [0.05, 0.1) is 6.54 Å². The third-order valence-corrected chi connectivity index (χ3v) is 4.78. The fourth-order valence-corrected chi connectivity index (χ4v) is 3.09. The summed E-state index contributed by atoms with van der Waals surface area (Å²) in [6, 6.07) is 17.0. The van der Waals surface area contributed by atoms with Gasteiger partial charge in [0.15, 0.2) is 0 Å². The van der Waals surface area contributed by atoms with Crippen molar-refractivity contribution < 1.29 is 19.2 Å². The minimum absolute atomic E-state index is 0.201. The molecule has 5 amide bonds. The molecule has 1 saturated heterocycles. The number of para-hydroxylation sites is 1. The van der Waals surface area contributed by atoms with Crippen molar-refractivity contribution >= 4 is 29.4 Å². The quantitative estimate of drug-likeness (QED) is 0.726. The highest BCUT2D eigenvalue weighted by Gasteiger charge is 2.49. The third-order valence-electron chi connectivity index (χ3n) is 4.78. The zero-order valence-corrected chi connectivity index (χ0v) is 16.2. The number of hydrogen-bond donors (Lipinski definition) is 2. The monoisotopic (exact) mass is 394 g/mol. The van der Waals surface area contributed by atoms with E-state index < -0.39 is 29.9 Å². The second-order valence-corrected chi connectivity index (χ2v) is 6.98. The molecule has 8 heteroatoms. The van der Waals surface area contributed by atoms with E-state index in [1.165, 1.54) is 11.9 Å². The van der Waals surface area contributed by atoms with Crippen molar-refractivity contribution in [2.45, 2.75) is 12.5 Å². The molecule has 1 unspecified atom stereocenters. The van der Waals surface area contributed by atoms with Crippen molar-refractivity contribution in [2.75, 3.05) is 25.5 Å². The van der Waals surface area contributed by atoms with Crippen molar-refractivity contribution in [3.63, 3.8) is 0 Å². The van der Waals surface area contributed by atoms with Crippen LogP contribution >= 0.6 is 0 Å². The van der Waals surface area contributed by atoms with Crippen LogP contribution in [0.1, 0.15) is 12.5 Å². The van der Waals surface area contributed by atoms with Gasteiger partial charge in [0.2, 0.25) is 11.8 Å². The normalized spacial score (nSPS) is 18.3. The summed E-state index contributed by atoms with van der Waals surface area (Å²) in [5.41, 5.74) is 0.0111. The first-order valence-corrected chi connectivity index (χ1v) is 9.10. The lowest BCUT2D eigenvalue weighted by Crippen LogP contribution is -2.45. The first kappa shape index (κ1) is 20.1. The van der Waals surface area contributed by atoms with Gasteiger partial charge in [0.25, 0.3) is 5.91 Å². The van der Waals surface area contributed by atoms with Crippen LogP contribution in [0.3, 0.4) is 0 Å². The van der Waals surface area contributed by atoms with Crippen LogP contribution in [0.4, 0.5) is 10.5 Å². The third kappa shape index (κ3) is 4.26. The first-order chi connectivity index (χ1) is 13.8. The topological polar surface area (TPSA) is 98.8 Å². The Kier molecular flexibility index (Phi) is 5.63. The van der Waals surface area contributed by atoms with Gasteiger partial charge in [-0.2, -0.15) is 0 Å². The van der Waals surface area contributed by atoms with Crippen molar-refractivity contribution in [2.24, 2.45) is 0 Å². The maximum absolute atomic E-state index is 12.9. The maximum Gasteiger partial charge on any atom is 0.325 e. The number of hydrogen-bond acceptors (Lipinski definition) is 4. The summed E-state index contributed by atoms with van der Waals surface area (Å²) in [6.45, 7) is 0.958. The molecule has 3 rings (SSSR count). The number of imide groups is 1. The Bertz CT molecular complexity index is 932. The van der Waals surface area contributed by atoms with Gasteiger partial charge in [-0.1, -0.05) is 48.5 Å². The number of amides is 5. The van der Waals surface area contributed by atoms with E-state index >= 15 is 0 Å². The summed E-state index contributed by atoms with van der Waals surface area (Å²) >= 11 is 0. The van der Waals surface area contributed by atoms with E-state index in [4.69, 9.17) is 0 Å². The largest absolute Gasteiger partial charge is 0.335 e. The molecular formula is C21H22N4O4. The van der Waals surface area contributed by atoms with E-state index in [2.05, 4.69) is 10.6 Å². The predicted molar refractivity (Wildman–Crippen MR) is 107 cm³/mol. The summed E-state index contributed by atoms with van der Waals surface area (Å²) in [7, 11) is 1.45. The van der Waals surface area contributed by atoms with Crippen LogP contribution < -0.4 is 10.6 Å². The summed E-state index contributed by atoms with van der Waals surface area (Å²) in [6.07, 6.45) is 0. The molecule has 1 aliphatic heterocycles. The van der Waals surface area contributed by atoms with E-state index in [0.29, 0.717) is 11.3 Å². The van der Waals surface area contributed by atoms with Crippen LogP contribution in [0.15, 0.2) is 60.7 Å². The van der Waals surface area contributed by atoms with E-state index in [9.17, 15) is 19.2 Å². The lowest BCUT2D eigenvalue weighted by Gasteiger charge is -2.23. The molecule has 0 radical (unpaired) electrons. The second kappa shape index (κ2) is 8.14. The zero-order valence-electron chi connectivity index (χ0n) is 16.2. The highest BCUT2D eigenvalue weighted by molar-refractivity contribution is 6.09. The van der Waals surface area contributed by atoms with E-state index in [0.717, 1.165) is 4.90 Å². The van der Waals surface area contributed by atoms with Gasteiger partial charge in [-0.15, -0.1) is 0 Å². The number of anilines is 1. The van der Waals surface area contributed by atoms with Crippen LogP contribution in [-0.2, 0) is 19.9 Å². The van der Waals surface area contributed by atoms with Gasteiger partial charge in [-0.05, 0) is 24.6 Å². The lowest BCUT2D eigenvalue weighted by atomic mass is 9.92. The van der Waals surface area contributed by atoms with E-state index in [1.54, 1.807) is 55.5 Å². The molecule has 0 spiro atoms. The van der Waals surface area contributed by atoms with Crippen LogP contribution in [0.2, 0.25) is 0 Å². The molecular weight excluding hydrogens is 372 g/mol. The SMILES string of the molecule is CN(CC(=O)Nc1ccccc1)C(=O)CN1C(=O)NC(C)(c2ccccc2)C1=O. The fraction of sp³-hybridized carbons (Fsp3) is 0.238. The fourth-order valence-electron chi connectivity index (χ4n) is 3.09. The van der Waals surface area contributed by atoms with Gasteiger partial charge in [-0.25, -0.2) is 4.79 Å². The van der Waals surface area contributed by atoms with Gasteiger partial charge >= 0.3 is 6.03 Å². The highest BCUT2D eigenvalue weighted by Crippen LogP contribution is 2.28. The Hall–Kier alpha value is -3.68. The molecule has 0 bridgehead atoms. The van der Waals surface area contributed by atoms with Crippen molar-refractivity contribution in [3.05, 3.63) is 66.2 Å². The van der Waals surface area contributed by atoms with Gasteiger partial charge in [-0.3, -0.25) is 19.3 Å². The molecule has 0 saturated carbocycles. The average Bonchev–Trinajstić information content (AvgIpc) is 2.93. The van der Waals surface area contributed by atoms with Crippen LogP contribution in [0, 0.1) is 0 Å². The molecule has 1 heterocycles. The molecule has 29 heavy (non-hydrogen) atoms. The Labute approximate surface area is 168 Å². The number of carbonyl (C=O) groups excluding carboxylic acids is 4. The van der Waals surface area contributed by atoms with Crippen molar-refractivity contribution in [1.29, 1.82) is 0 Å². The Morgan fingerprint density at radius 1 is 1.03 bits per heavy atom. The van der Waals surface area contributed by atoms with E-state index in [1.807, 2.05) is 12.1 Å². The number of nitrogens with one attached hydrogen (secondary N) is 2. The first-order valence-electron chi connectivity index (χ1n) is 9.10. The molecule has 1 atom stereocenters. The van der Waals surface area contributed by atoms with Crippen LogP contribution in [0.25, 0.3) is 0 Å². The number of urea groups is 1. The molecule has 0 aromatic heterocycles. The maximum atomic E-state index is 12.9. The molecule has 2 aromatic rings. The zero-order chi connectivity index (χ0) is 21.0. The van der Waals surface area contributed by atoms with Gasteiger partial charge in [0.1, 0.15) is 12.1 Å². The Morgan fingerprint density at radius 2 is 1.62 bits per heavy atom. The lowest BCUT2D eigenvalue weighted by molar-refractivity contribution is -0.139. The molecule has 0 aliphatic carbocycles. The summed E-state index contributed by atoms with van der Waals surface area (Å²) in [5.74, 6) is -1.41. The number of carbonyl (C=O) groups is 4. The standard InChI is InChI=1S/C21H22N4O4/c1-21(15-9-5-3-6-10-15)19(28)25(20(29)23-21)14-18(27)24(2)13-17(26)22-16-11-7-4-8-12-16/h3-12H,13-14H2,1-2H3,(H,22,26)(H,23,29). The summed E-state index contributed by atoms with van der Waals surface area (Å²) < 4.78 is 0. The minimum atomic E-state index is -1.23. The predicted octanol–water partition coefficient (Wildman–Crippen LogP) is 1.55. The number of rotatable bonds is 6. The van der Waals surface area contributed by atoms with Crippen molar-refractivity contribution in [3.8, 4) is 0 Å². The summed E-state index contributed by atoms with van der Waals surface area (Å²) in [5, 5.41) is 5.33. The molecule has 1 aliphatic rings. The number of benzene rings is 2. The number of nitrogens with zero attached hydrogens (tertiary/aromatic N) is 2. The Balaban J connectivity index is 1.61. The Morgan fingerprint density at radius 3 is 2.24 bits per heavy atom. The van der Waals surface area contributed by atoms with Gasteiger partial charge < -0.3 is 15.5 Å². The number of likely N-dealkylation sites (N-methyl/N-ethyl adjacent to an activating group) is 1. The van der Waals surface area contributed by atoms with E-state index in [-0.39, 0.29) is 12.5 Å². The van der Waals surface area contributed by atoms with Gasteiger partial charge in [0, 0.05) is 12.7 Å².